The first kappa shape index (κ1) is 13.3. The van der Waals surface area contributed by atoms with E-state index in [1.54, 1.807) is 0 Å². The zero-order valence-corrected chi connectivity index (χ0v) is 10.8. The maximum atomic E-state index is 11.0. The Balaban J connectivity index is 2.20. The highest BCUT2D eigenvalue weighted by Crippen LogP contribution is 2.29. The summed E-state index contributed by atoms with van der Waals surface area (Å²) in [7, 11) is 0. The minimum Gasteiger partial charge on any atom is -0.362 e. The van der Waals surface area contributed by atoms with Gasteiger partial charge in [-0.1, -0.05) is 19.8 Å². The largest absolute Gasteiger partial charge is 0.362 e. The van der Waals surface area contributed by atoms with Crippen LogP contribution in [0.25, 0.3) is 0 Å². The first-order valence-corrected chi connectivity index (χ1v) is 6.41. The smallest absolute Gasteiger partial charge is 0.312 e. The monoisotopic (exact) mass is 260 g/mol. The van der Waals surface area contributed by atoms with Gasteiger partial charge in [-0.3, -0.25) is 10.1 Å². The Morgan fingerprint density at radius 2 is 2.37 bits per heavy atom. The van der Waals surface area contributed by atoms with Crippen LogP contribution < -0.4 is 5.32 Å². The van der Waals surface area contributed by atoms with Crippen LogP contribution in [0.2, 0.25) is 0 Å². The Kier molecular flexibility index (Phi) is 3.95. The fraction of sp³-hybridized carbons (Fsp3) is 0.538. The SMILES string of the molecule is CC1CCCC(Nc2ncc(C#N)cc2[N+](=O)[O-])C1. The standard InChI is InChI=1S/C13H16N4O2/c1-9-3-2-4-11(5-9)16-13-12(17(18)19)6-10(7-14)8-15-13/h6,8-9,11H,2-5H2,1H3,(H,15,16). The number of nitrogens with zero attached hydrogens (tertiary/aromatic N) is 3. The van der Waals surface area contributed by atoms with Crippen LogP contribution in [0.15, 0.2) is 12.3 Å². The van der Waals surface area contributed by atoms with Crippen molar-refractivity contribution >= 4 is 11.5 Å². The van der Waals surface area contributed by atoms with Crippen molar-refractivity contribution in [2.24, 2.45) is 5.92 Å². The Labute approximate surface area is 111 Å². The molecular weight excluding hydrogens is 244 g/mol. The molecule has 0 spiro atoms. The number of rotatable bonds is 3. The molecule has 0 aliphatic heterocycles. The lowest BCUT2D eigenvalue weighted by Gasteiger charge is -2.27. The quantitative estimate of drug-likeness (QED) is 0.666. The van der Waals surface area contributed by atoms with E-state index in [4.69, 9.17) is 5.26 Å². The zero-order chi connectivity index (χ0) is 13.8. The number of nitriles is 1. The van der Waals surface area contributed by atoms with E-state index in [0.717, 1.165) is 19.3 Å². The van der Waals surface area contributed by atoms with Gasteiger partial charge in [-0.05, 0) is 18.8 Å². The van der Waals surface area contributed by atoms with Crippen LogP contribution in [0, 0.1) is 27.4 Å². The second-order valence-corrected chi connectivity index (χ2v) is 5.07. The predicted molar refractivity (Wildman–Crippen MR) is 70.6 cm³/mol. The van der Waals surface area contributed by atoms with Crippen molar-refractivity contribution in [3.63, 3.8) is 0 Å². The summed E-state index contributed by atoms with van der Waals surface area (Å²) in [5.41, 5.74) is 0.0755. The van der Waals surface area contributed by atoms with Crippen LogP contribution in [0.3, 0.4) is 0 Å². The predicted octanol–water partition coefficient (Wildman–Crippen LogP) is 2.85. The van der Waals surface area contributed by atoms with Crippen LogP contribution in [0.1, 0.15) is 38.2 Å². The maximum Gasteiger partial charge on any atom is 0.312 e. The molecule has 0 bridgehead atoms. The zero-order valence-electron chi connectivity index (χ0n) is 10.8. The minimum absolute atomic E-state index is 0.128. The van der Waals surface area contributed by atoms with E-state index in [1.165, 1.54) is 18.7 Å². The topological polar surface area (TPSA) is 91.8 Å². The van der Waals surface area contributed by atoms with Gasteiger partial charge in [-0.25, -0.2) is 4.98 Å². The fourth-order valence-electron chi connectivity index (χ4n) is 2.52. The summed E-state index contributed by atoms with van der Waals surface area (Å²) in [6, 6.07) is 3.36. The molecule has 0 aromatic carbocycles. The second-order valence-electron chi connectivity index (χ2n) is 5.07. The average Bonchev–Trinajstić information content (AvgIpc) is 2.39. The van der Waals surface area contributed by atoms with Crippen molar-refractivity contribution in [3.8, 4) is 6.07 Å². The van der Waals surface area contributed by atoms with Crippen LogP contribution in [0.4, 0.5) is 11.5 Å². The van der Waals surface area contributed by atoms with Crippen LogP contribution in [0.5, 0.6) is 0 Å². The van der Waals surface area contributed by atoms with Crippen molar-refractivity contribution in [2.75, 3.05) is 5.32 Å². The Morgan fingerprint density at radius 1 is 1.58 bits per heavy atom. The first-order valence-electron chi connectivity index (χ1n) is 6.41. The van der Waals surface area contributed by atoms with Crippen LogP contribution in [-0.2, 0) is 0 Å². The summed E-state index contributed by atoms with van der Waals surface area (Å²) in [5, 5.41) is 22.9. The lowest BCUT2D eigenvalue weighted by molar-refractivity contribution is -0.384. The van der Waals surface area contributed by atoms with Gasteiger partial charge in [0.05, 0.1) is 10.5 Å². The average molecular weight is 260 g/mol. The molecule has 0 saturated heterocycles. The number of pyridine rings is 1. The van der Waals surface area contributed by atoms with Gasteiger partial charge < -0.3 is 5.32 Å². The number of nitro groups is 1. The Bertz CT molecular complexity index is 524. The molecular formula is C13H16N4O2. The van der Waals surface area contributed by atoms with E-state index < -0.39 is 4.92 Å². The van der Waals surface area contributed by atoms with E-state index in [2.05, 4.69) is 17.2 Å². The molecule has 1 fully saturated rings. The molecule has 1 aromatic rings. The maximum absolute atomic E-state index is 11.0. The molecule has 1 aliphatic rings. The molecule has 2 unspecified atom stereocenters. The van der Waals surface area contributed by atoms with Gasteiger partial charge in [0.25, 0.3) is 0 Å². The molecule has 1 saturated carbocycles. The van der Waals surface area contributed by atoms with Crippen molar-refractivity contribution in [3.05, 3.63) is 27.9 Å². The molecule has 2 rings (SSSR count). The Morgan fingerprint density at radius 3 is 3.00 bits per heavy atom. The molecule has 19 heavy (non-hydrogen) atoms. The second kappa shape index (κ2) is 5.65. The highest BCUT2D eigenvalue weighted by Gasteiger charge is 2.23. The van der Waals surface area contributed by atoms with Gasteiger partial charge in [-0.2, -0.15) is 5.26 Å². The number of hydrogen-bond acceptors (Lipinski definition) is 5. The number of hydrogen-bond donors (Lipinski definition) is 1. The van der Waals surface area contributed by atoms with E-state index >= 15 is 0 Å². The number of anilines is 1. The lowest BCUT2D eigenvalue weighted by Crippen LogP contribution is -2.27. The van der Waals surface area contributed by atoms with Gasteiger partial charge in [0.15, 0.2) is 0 Å². The van der Waals surface area contributed by atoms with Gasteiger partial charge in [0, 0.05) is 18.3 Å². The van der Waals surface area contributed by atoms with Crippen LogP contribution >= 0.6 is 0 Å². The summed E-state index contributed by atoms with van der Waals surface area (Å²) >= 11 is 0. The van der Waals surface area contributed by atoms with Gasteiger partial charge in [0.1, 0.15) is 6.07 Å². The summed E-state index contributed by atoms with van der Waals surface area (Å²) in [6.45, 7) is 2.19. The van der Waals surface area contributed by atoms with Gasteiger partial charge in [0.2, 0.25) is 5.82 Å². The molecule has 100 valence electrons. The highest BCUT2D eigenvalue weighted by atomic mass is 16.6. The molecule has 1 aliphatic carbocycles. The third-order valence-corrected chi connectivity index (χ3v) is 3.47. The summed E-state index contributed by atoms with van der Waals surface area (Å²) in [5.74, 6) is 0.895. The van der Waals surface area contributed by atoms with E-state index in [9.17, 15) is 10.1 Å². The molecule has 1 heterocycles. The normalized spacial score (nSPS) is 22.5. The van der Waals surface area contributed by atoms with Gasteiger partial charge in [-0.15, -0.1) is 0 Å². The van der Waals surface area contributed by atoms with Crippen molar-refractivity contribution < 1.29 is 4.92 Å². The van der Waals surface area contributed by atoms with Crippen molar-refractivity contribution in [2.45, 2.75) is 38.6 Å². The number of aromatic nitrogens is 1. The number of nitrogens with one attached hydrogen (secondary N) is 1. The van der Waals surface area contributed by atoms with E-state index in [1.807, 2.05) is 6.07 Å². The summed E-state index contributed by atoms with van der Waals surface area (Å²) in [6.07, 6.45) is 5.70. The molecule has 0 radical (unpaired) electrons. The molecule has 6 heteroatoms. The highest BCUT2D eigenvalue weighted by molar-refractivity contribution is 5.58. The lowest BCUT2D eigenvalue weighted by atomic mass is 9.87. The van der Waals surface area contributed by atoms with E-state index in [-0.39, 0.29) is 23.1 Å². The summed E-state index contributed by atoms with van der Waals surface area (Å²) < 4.78 is 0. The van der Waals surface area contributed by atoms with E-state index in [0.29, 0.717) is 5.92 Å². The van der Waals surface area contributed by atoms with Crippen molar-refractivity contribution in [1.29, 1.82) is 5.26 Å². The first-order chi connectivity index (χ1) is 9.10. The Hall–Kier alpha value is -2.16. The third kappa shape index (κ3) is 3.19. The van der Waals surface area contributed by atoms with Crippen molar-refractivity contribution in [1.82, 2.24) is 4.98 Å². The van der Waals surface area contributed by atoms with Gasteiger partial charge >= 0.3 is 5.69 Å². The summed E-state index contributed by atoms with van der Waals surface area (Å²) in [4.78, 5) is 14.5. The molecule has 6 nitrogen and oxygen atoms in total. The third-order valence-electron chi connectivity index (χ3n) is 3.47. The molecule has 2 atom stereocenters. The molecule has 1 aromatic heterocycles. The minimum atomic E-state index is -0.498. The molecule has 0 amide bonds. The van der Waals surface area contributed by atoms with Crippen LogP contribution in [-0.4, -0.2) is 15.9 Å². The fourth-order valence-corrected chi connectivity index (χ4v) is 2.52. The molecule has 1 N–H and O–H groups in total.